The van der Waals surface area contributed by atoms with Crippen molar-refractivity contribution in [2.24, 2.45) is 0 Å². The van der Waals surface area contributed by atoms with Crippen LogP contribution in [0.1, 0.15) is 18.1 Å². The van der Waals surface area contributed by atoms with Crippen molar-refractivity contribution in [3.8, 4) is 0 Å². The third-order valence-electron chi connectivity index (χ3n) is 3.54. The molecule has 0 saturated heterocycles. The zero-order valence-corrected chi connectivity index (χ0v) is 13.9. The third kappa shape index (κ3) is 4.83. The molecule has 0 heterocycles. The van der Waals surface area contributed by atoms with Crippen LogP contribution >= 0.6 is 11.6 Å². The Labute approximate surface area is 141 Å². The Morgan fingerprint density at radius 2 is 1.87 bits per heavy atom. The molecule has 0 bridgehead atoms. The summed E-state index contributed by atoms with van der Waals surface area (Å²) in [6.45, 7) is 3.82. The van der Waals surface area contributed by atoms with E-state index in [0.717, 1.165) is 11.1 Å². The molecule has 2 rings (SSSR count). The Morgan fingerprint density at radius 1 is 1.13 bits per heavy atom. The zero-order chi connectivity index (χ0) is 16.8. The molecular formula is C18H19ClN2O2. The first kappa shape index (κ1) is 17.0. The first-order chi connectivity index (χ1) is 11.0. The summed E-state index contributed by atoms with van der Waals surface area (Å²) in [5, 5.41) is 3.37. The molecule has 0 fully saturated rings. The molecule has 2 aromatic carbocycles. The van der Waals surface area contributed by atoms with Gasteiger partial charge in [0.2, 0.25) is 11.8 Å². The number of carbonyl (C=O) groups is 2. The normalized spacial score (nSPS) is 10.2. The predicted molar refractivity (Wildman–Crippen MR) is 92.5 cm³/mol. The van der Waals surface area contributed by atoms with Crippen molar-refractivity contribution in [2.75, 3.05) is 11.4 Å². The number of anilines is 1. The Balaban J connectivity index is 2.01. The molecule has 4 nitrogen and oxygen atoms in total. The van der Waals surface area contributed by atoms with Crippen LogP contribution < -0.4 is 10.2 Å². The summed E-state index contributed by atoms with van der Waals surface area (Å²) in [5.41, 5.74) is 2.78. The van der Waals surface area contributed by atoms with Crippen molar-refractivity contribution in [2.45, 2.75) is 20.4 Å². The second kappa shape index (κ2) is 7.79. The number of hydrogen-bond donors (Lipinski definition) is 1. The fraction of sp³-hybridized carbons (Fsp3) is 0.222. The van der Waals surface area contributed by atoms with E-state index in [1.54, 1.807) is 24.3 Å². The van der Waals surface area contributed by atoms with Crippen molar-refractivity contribution < 1.29 is 9.59 Å². The average Bonchev–Trinajstić information content (AvgIpc) is 2.51. The maximum absolute atomic E-state index is 12.2. The monoisotopic (exact) mass is 330 g/mol. The summed E-state index contributed by atoms with van der Waals surface area (Å²) in [6.07, 6.45) is 0. The van der Waals surface area contributed by atoms with Gasteiger partial charge in [-0.15, -0.1) is 0 Å². The number of nitrogens with one attached hydrogen (secondary N) is 1. The van der Waals surface area contributed by atoms with E-state index in [1.807, 2.05) is 31.2 Å². The van der Waals surface area contributed by atoms with Gasteiger partial charge in [-0.05, 0) is 36.2 Å². The lowest BCUT2D eigenvalue weighted by Gasteiger charge is -2.21. The van der Waals surface area contributed by atoms with Gasteiger partial charge in [0.05, 0.1) is 0 Å². The number of amides is 2. The van der Waals surface area contributed by atoms with E-state index in [2.05, 4.69) is 5.32 Å². The smallest absolute Gasteiger partial charge is 0.240 e. The van der Waals surface area contributed by atoms with Crippen LogP contribution in [-0.4, -0.2) is 18.4 Å². The van der Waals surface area contributed by atoms with Gasteiger partial charge in [0.25, 0.3) is 0 Å². The SMILES string of the molecule is CC(=O)N(CC(=O)NCc1ccccc1C)c1cccc(Cl)c1. The minimum atomic E-state index is -0.219. The molecule has 0 atom stereocenters. The van der Waals surface area contributed by atoms with Crippen LogP contribution in [0.2, 0.25) is 5.02 Å². The molecular weight excluding hydrogens is 312 g/mol. The summed E-state index contributed by atoms with van der Waals surface area (Å²) >= 11 is 5.95. The lowest BCUT2D eigenvalue weighted by atomic mass is 10.1. The first-order valence-corrected chi connectivity index (χ1v) is 7.70. The van der Waals surface area contributed by atoms with Crippen LogP contribution in [0, 0.1) is 6.92 Å². The Morgan fingerprint density at radius 3 is 2.52 bits per heavy atom. The van der Waals surface area contributed by atoms with Crippen LogP contribution in [0.25, 0.3) is 0 Å². The number of benzene rings is 2. The fourth-order valence-electron chi connectivity index (χ4n) is 2.23. The third-order valence-corrected chi connectivity index (χ3v) is 3.77. The highest BCUT2D eigenvalue weighted by Gasteiger charge is 2.16. The van der Waals surface area contributed by atoms with Crippen molar-refractivity contribution >= 4 is 29.1 Å². The highest BCUT2D eigenvalue weighted by Crippen LogP contribution is 2.19. The molecule has 0 aliphatic carbocycles. The van der Waals surface area contributed by atoms with Gasteiger partial charge in [0, 0.05) is 24.2 Å². The highest BCUT2D eigenvalue weighted by molar-refractivity contribution is 6.30. The van der Waals surface area contributed by atoms with Gasteiger partial charge in [-0.3, -0.25) is 9.59 Å². The van der Waals surface area contributed by atoms with Crippen LogP contribution in [0.3, 0.4) is 0 Å². The van der Waals surface area contributed by atoms with Gasteiger partial charge in [-0.25, -0.2) is 0 Å². The second-order valence-electron chi connectivity index (χ2n) is 5.29. The molecule has 0 aliphatic heterocycles. The minimum Gasteiger partial charge on any atom is -0.350 e. The van der Waals surface area contributed by atoms with Crippen molar-refractivity contribution in [1.29, 1.82) is 0 Å². The van der Waals surface area contributed by atoms with E-state index in [4.69, 9.17) is 11.6 Å². The molecule has 23 heavy (non-hydrogen) atoms. The van der Waals surface area contributed by atoms with Crippen LogP contribution in [0.5, 0.6) is 0 Å². The lowest BCUT2D eigenvalue weighted by Crippen LogP contribution is -2.39. The molecule has 0 aromatic heterocycles. The molecule has 0 unspecified atom stereocenters. The summed E-state index contributed by atoms with van der Waals surface area (Å²) in [7, 11) is 0. The van der Waals surface area contributed by atoms with Crippen LogP contribution in [-0.2, 0) is 16.1 Å². The van der Waals surface area contributed by atoms with E-state index in [9.17, 15) is 9.59 Å². The number of rotatable bonds is 5. The van der Waals surface area contributed by atoms with Crippen molar-refractivity contribution in [1.82, 2.24) is 5.32 Å². The molecule has 0 saturated carbocycles. The maximum Gasteiger partial charge on any atom is 0.240 e. The molecule has 0 aliphatic rings. The topological polar surface area (TPSA) is 49.4 Å². The van der Waals surface area contributed by atoms with Gasteiger partial charge in [-0.2, -0.15) is 0 Å². The summed E-state index contributed by atoms with van der Waals surface area (Å²) < 4.78 is 0. The summed E-state index contributed by atoms with van der Waals surface area (Å²) in [5.74, 6) is -0.429. The van der Waals surface area contributed by atoms with Gasteiger partial charge in [0.1, 0.15) is 6.54 Å². The number of halogens is 1. The van der Waals surface area contributed by atoms with E-state index >= 15 is 0 Å². The molecule has 0 radical (unpaired) electrons. The highest BCUT2D eigenvalue weighted by atomic mass is 35.5. The standard InChI is InChI=1S/C18H19ClN2O2/c1-13-6-3-4-7-15(13)11-20-18(23)12-21(14(2)22)17-9-5-8-16(19)10-17/h3-10H,11-12H2,1-2H3,(H,20,23). The Kier molecular flexibility index (Phi) is 5.77. The second-order valence-corrected chi connectivity index (χ2v) is 5.72. The maximum atomic E-state index is 12.2. The lowest BCUT2D eigenvalue weighted by molar-refractivity contribution is -0.123. The summed E-state index contributed by atoms with van der Waals surface area (Å²) in [4.78, 5) is 25.4. The van der Waals surface area contributed by atoms with E-state index in [-0.39, 0.29) is 18.4 Å². The molecule has 120 valence electrons. The van der Waals surface area contributed by atoms with Gasteiger partial charge >= 0.3 is 0 Å². The van der Waals surface area contributed by atoms with E-state index < -0.39 is 0 Å². The van der Waals surface area contributed by atoms with Crippen LogP contribution in [0.4, 0.5) is 5.69 Å². The number of hydrogen-bond acceptors (Lipinski definition) is 2. The van der Waals surface area contributed by atoms with Gasteiger partial charge in [-0.1, -0.05) is 41.9 Å². The van der Waals surface area contributed by atoms with E-state index in [0.29, 0.717) is 17.3 Å². The van der Waals surface area contributed by atoms with Gasteiger partial charge < -0.3 is 10.2 Å². The molecule has 0 spiro atoms. The summed E-state index contributed by atoms with van der Waals surface area (Å²) in [6, 6.07) is 14.7. The number of aryl methyl sites for hydroxylation is 1. The van der Waals surface area contributed by atoms with Gasteiger partial charge in [0.15, 0.2) is 0 Å². The molecule has 2 amide bonds. The zero-order valence-electron chi connectivity index (χ0n) is 13.2. The number of carbonyl (C=O) groups excluding carboxylic acids is 2. The average molecular weight is 331 g/mol. The quantitative estimate of drug-likeness (QED) is 0.914. The largest absolute Gasteiger partial charge is 0.350 e. The number of nitrogens with zero attached hydrogens (tertiary/aromatic N) is 1. The molecule has 5 heteroatoms. The molecule has 1 N–H and O–H groups in total. The first-order valence-electron chi connectivity index (χ1n) is 7.32. The van der Waals surface area contributed by atoms with E-state index in [1.165, 1.54) is 11.8 Å². The van der Waals surface area contributed by atoms with Crippen molar-refractivity contribution in [3.63, 3.8) is 0 Å². The van der Waals surface area contributed by atoms with Crippen molar-refractivity contribution in [3.05, 3.63) is 64.7 Å². The molecule has 2 aromatic rings. The Bertz CT molecular complexity index is 716. The Hall–Kier alpha value is -2.33. The van der Waals surface area contributed by atoms with Crippen LogP contribution in [0.15, 0.2) is 48.5 Å². The predicted octanol–water partition coefficient (Wildman–Crippen LogP) is 3.32. The fourth-order valence-corrected chi connectivity index (χ4v) is 2.41. The minimum absolute atomic E-state index is 0.0401.